The predicted octanol–water partition coefficient (Wildman–Crippen LogP) is 11.6. The number of hydrogen-bond donors (Lipinski definition) is 0. The molecule has 1 nitrogen and oxygen atoms in total. The molecule has 0 fully saturated rings. The Labute approximate surface area is 278 Å². The number of para-hydroxylation sites is 1. The number of rotatable bonds is 4. The topological polar surface area (TPSA) is 3.24 Å². The summed E-state index contributed by atoms with van der Waals surface area (Å²) in [5, 5.41) is 0. The van der Waals surface area contributed by atoms with Crippen LogP contribution in [0.1, 0.15) is 65.6 Å². The minimum atomic E-state index is -0.373. The number of hydrogen-bond acceptors (Lipinski definition) is 1. The molecule has 0 amide bonds. The van der Waals surface area contributed by atoms with Gasteiger partial charge in [0.2, 0.25) is 0 Å². The highest BCUT2D eigenvalue weighted by atomic mass is 15.1. The molecule has 0 bridgehead atoms. The number of fused-ring (bicyclic) bond motifs is 9. The van der Waals surface area contributed by atoms with Crippen molar-refractivity contribution in [1.29, 1.82) is 0 Å². The van der Waals surface area contributed by atoms with Crippen LogP contribution in [0.5, 0.6) is 0 Å². The Kier molecular flexibility index (Phi) is 6.27. The summed E-state index contributed by atoms with van der Waals surface area (Å²) < 4.78 is 0. The van der Waals surface area contributed by atoms with Gasteiger partial charge in [-0.15, -0.1) is 0 Å². The maximum atomic E-state index is 2.47. The van der Waals surface area contributed by atoms with Crippen LogP contribution in [0.15, 0.2) is 170 Å². The third kappa shape index (κ3) is 4.02. The molecule has 3 aliphatic carbocycles. The molecule has 3 aliphatic rings. The van der Waals surface area contributed by atoms with E-state index in [-0.39, 0.29) is 10.8 Å². The second kappa shape index (κ2) is 10.6. The Morgan fingerprint density at radius 1 is 0.447 bits per heavy atom. The molecule has 1 heteroatoms. The molecule has 0 saturated heterocycles. The molecule has 0 radical (unpaired) electrons. The average molecular weight is 604 g/mol. The summed E-state index contributed by atoms with van der Waals surface area (Å²) in [4.78, 5) is 2.47. The first-order valence-corrected chi connectivity index (χ1v) is 16.8. The first-order chi connectivity index (χ1) is 23.1. The summed E-state index contributed by atoms with van der Waals surface area (Å²) in [6, 6.07) is 56.4. The molecule has 47 heavy (non-hydrogen) atoms. The maximum absolute atomic E-state index is 2.47. The zero-order chi connectivity index (χ0) is 31.6. The van der Waals surface area contributed by atoms with Gasteiger partial charge in [0.05, 0.1) is 5.41 Å². The highest BCUT2D eigenvalue weighted by Crippen LogP contribution is 2.62. The highest BCUT2D eigenvalue weighted by Gasteiger charge is 2.53. The van der Waals surface area contributed by atoms with Crippen molar-refractivity contribution in [3.8, 4) is 11.1 Å². The molecule has 6 aromatic carbocycles. The molecule has 226 valence electrons. The minimum Gasteiger partial charge on any atom is -0.314 e. The summed E-state index contributed by atoms with van der Waals surface area (Å²) in [7, 11) is 0. The van der Waals surface area contributed by atoms with E-state index < -0.39 is 0 Å². The Bertz CT molecular complexity index is 2170. The van der Waals surface area contributed by atoms with E-state index in [9.17, 15) is 0 Å². The number of nitrogens with zero attached hydrogens (tertiary/aromatic N) is 1. The van der Waals surface area contributed by atoms with E-state index in [2.05, 4.69) is 183 Å². The molecule has 0 heterocycles. The Morgan fingerprint density at radius 3 is 1.64 bits per heavy atom. The van der Waals surface area contributed by atoms with Gasteiger partial charge in [-0.1, -0.05) is 147 Å². The van der Waals surface area contributed by atoms with Gasteiger partial charge < -0.3 is 4.90 Å². The molecule has 6 aromatic rings. The fraction of sp³-hybridized carbons (Fsp3) is 0.130. The molecule has 0 aliphatic heterocycles. The number of benzene rings is 6. The highest BCUT2D eigenvalue weighted by molar-refractivity contribution is 5.91. The van der Waals surface area contributed by atoms with Crippen molar-refractivity contribution in [2.45, 2.75) is 37.5 Å². The summed E-state index contributed by atoms with van der Waals surface area (Å²) in [6.07, 6.45) is 6.64. The molecule has 0 N–H and O–H groups in total. The van der Waals surface area contributed by atoms with Crippen molar-refractivity contribution in [3.05, 3.63) is 208 Å². The lowest BCUT2D eigenvalue weighted by molar-refractivity contribution is 0.563. The van der Waals surface area contributed by atoms with Gasteiger partial charge in [-0.3, -0.25) is 0 Å². The second-order valence-electron chi connectivity index (χ2n) is 13.6. The molecule has 0 unspecified atom stereocenters. The lowest BCUT2D eigenvalue weighted by atomic mass is 9.55. The second-order valence-corrected chi connectivity index (χ2v) is 13.6. The SMILES string of the molecule is CC1(C)c2ccccc2C2(c3ccccc3-c3cc(N(C4=CC=C(c5ccccc5)CC4)c4ccccc4)ccc32)c2ccccc21. The van der Waals surface area contributed by atoms with E-state index in [4.69, 9.17) is 0 Å². The predicted molar refractivity (Wildman–Crippen MR) is 196 cm³/mol. The molecule has 0 saturated carbocycles. The van der Waals surface area contributed by atoms with Crippen LogP contribution in [0.25, 0.3) is 16.7 Å². The van der Waals surface area contributed by atoms with E-state index >= 15 is 0 Å². The minimum absolute atomic E-state index is 0.0975. The molecule has 0 aromatic heterocycles. The Morgan fingerprint density at radius 2 is 1.00 bits per heavy atom. The fourth-order valence-electron chi connectivity index (χ4n) is 8.76. The summed E-state index contributed by atoms with van der Waals surface area (Å²) >= 11 is 0. The van der Waals surface area contributed by atoms with Crippen molar-refractivity contribution in [3.63, 3.8) is 0 Å². The quantitative estimate of drug-likeness (QED) is 0.193. The lowest BCUT2D eigenvalue weighted by Crippen LogP contribution is -2.40. The largest absolute Gasteiger partial charge is 0.314 e. The van der Waals surface area contributed by atoms with E-state index in [1.54, 1.807) is 0 Å². The lowest BCUT2D eigenvalue weighted by Gasteiger charge is -2.46. The van der Waals surface area contributed by atoms with Crippen molar-refractivity contribution in [2.75, 3.05) is 4.90 Å². The zero-order valence-electron chi connectivity index (χ0n) is 26.9. The normalized spacial score (nSPS) is 16.3. The van der Waals surface area contributed by atoms with Crippen LogP contribution in [0.4, 0.5) is 11.4 Å². The first-order valence-electron chi connectivity index (χ1n) is 16.8. The van der Waals surface area contributed by atoms with Crippen LogP contribution < -0.4 is 4.90 Å². The fourth-order valence-corrected chi connectivity index (χ4v) is 8.76. The van der Waals surface area contributed by atoms with Crippen molar-refractivity contribution < 1.29 is 0 Å². The van der Waals surface area contributed by atoms with Crippen molar-refractivity contribution >= 4 is 16.9 Å². The number of anilines is 2. The van der Waals surface area contributed by atoms with Crippen LogP contribution in [-0.4, -0.2) is 0 Å². The van der Waals surface area contributed by atoms with E-state index in [0.29, 0.717) is 0 Å². The third-order valence-corrected chi connectivity index (χ3v) is 10.9. The van der Waals surface area contributed by atoms with Crippen LogP contribution in [0.2, 0.25) is 0 Å². The molecular weight excluding hydrogens is 567 g/mol. The molecule has 9 rings (SSSR count). The monoisotopic (exact) mass is 603 g/mol. The van der Waals surface area contributed by atoms with E-state index in [1.165, 1.54) is 72.7 Å². The average Bonchev–Trinajstić information content (AvgIpc) is 3.42. The summed E-state index contributed by atoms with van der Waals surface area (Å²) in [5.41, 5.74) is 16.9. The molecule has 0 atom stereocenters. The standard InChI is InChI=1S/C46H37N/c1-45(2)41-21-11-13-23-43(41)46(44-24-14-12-22-42(44)45)39-20-10-9-19-37(39)38-31-36(29-30-40(38)46)47(34-17-7-4-8-18-34)35-27-25-33(26-28-35)32-15-5-3-6-16-32/h3-25,27,29-31H,26,28H2,1-2H3. The maximum Gasteiger partial charge on any atom is 0.0719 e. The van der Waals surface area contributed by atoms with Gasteiger partial charge in [0.1, 0.15) is 0 Å². The van der Waals surface area contributed by atoms with Crippen LogP contribution >= 0.6 is 0 Å². The summed E-state index contributed by atoms with van der Waals surface area (Å²) in [5.74, 6) is 0. The van der Waals surface area contributed by atoms with Gasteiger partial charge in [-0.2, -0.15) is 0 Å². The van der Waals surface area contributed by atoms with Gasteiger partial charge in [-0.25, -0.2) is 0 Å². The molecular formula is C46H37N. The third-order valence-electron chi connectivity index (χ3n) is 10.9. The van der Waals surface area contributed by atoms with Gasteiger partial charge in [0, 0.05) is 22.5 Å². The smallest absolute Gasteiger partial charge is 0.0719 e. The van der Waals surface area contributed by atoms with Crippen LogP contribution in [0, 0.1) is 0 Å². The van der Waals surface area contributed by atoms with Crippen LogP contribution in [-0.2, 0) is 10.8 Å². The Balaban J connectivity index is 1.27. The van der Waals surface area contributed by atoms with Crippen LogP contribution in [0.3, 0.4) is 0 Å². The number of allylic oxidation sites excluding steroid dienone is 4. The van der Waals surface area contributed by atoms with Gasteiger partial charge in [0.15, 0.2) is 0 Å². The Hall–Kier alpha value is -5.40. The summed E-state index contributed by atoms with van der Waals surface area (Å²) in [6.45, 7) is 4.77. The van der Waals surface area contributed by atoms with Gasteiger partial charge >= 0.3 is 0 Å². The molecule has 1 spiro atoms. The van der Waals surface area contributed by atoms with Crippen molar-refractivity contribution in [1.82, 2.24) is 0 Å². The van der Waals surface area contributed by atoms with Crippen molar-refractivity contribution in [2.24, 2.45) is 0 Å². The van der Waals surface area contributed by atoms with E-state index in [1.807, 2.05) is 0 Å². The zero-order valence-corrected chi connectivity index (χ0v) is 26.9. The first kappa shape index (κ1) is 27.9. The van der Waals surface area contributed by atoms with E-state index in [0.717, 1.165) is 12.8 Å². The van der Waals surface area contributed by atoms with Gasteiger partial charge in [-0.05, 0) is 98.8 Å². The van der Waals surface area contributed by atoms with Gasteiger partial charge in [0.25, 0.3) is 0 Å².